The summed E-state index contributed by atoms with van der Waals surface area (Å²) in [7, 11) is -2.13. The van der Waals surface area contributed by atoms with E-state index in [-0.39, 0.29) is 30.0 Å². The third kappa shape index (κ3) is 6.46. The second-order valence-electron chi connectivity index (χ2n) is 10.2. The SMILES string of the molecule is CCOc1cc(C(CS(C)(=O)=O)n2c(=O)n(Cc3ccccc3F)c3cc(Cc4ccccc4F)cnc32)ccc1OC. The highest BCUT2D eigenvalue weighted by molar-refractivity contribution is 7.90. The van der Waals surface area contributed by atoms with Crippen molar-refractivity contribution in [3.05, 3.63) is 123 Å². The summed E-state index contributed by atoms with van der Waals surface area (Å²) in [5.74, 6) is -0.433. The van der Waals surface area contributed by atoms with E-state index in [1.807, 2.05) is 6.92 Å². The number of fused-ring (bicyclic) bond motifs is 1. The van der Waals surface area contributed by atoms with Gasteiger partial charge in [0.15, 0.2) is 17.1 Å². The number of pyridine rings is 1. The van der Waals surface area contributed by atoms with Gasteiger partial charge in [-0.05, 0) is 53.9 Å². The quantitative estimate of drug-likeness (QED) is 0.206. The first-order chi connectivity index (χ1) is 20.6. The molecule has 0 aliphatic rings. The molecular formula is C32H31F2N3O5S. The first kappa shape index (κ1) is 30.0. The molecule has 0 aliphatic heterocycles. The van der Waals surface area contributed by atoms with E-state index >= 15 is 0 Å². The minimum Gasteiger partial charge on any atom is -0.493 e. The average Bonchev–Trinajstić information content (AvgIpc) is 3.24. The summed E-state index contributed by atoms with van der Waals surface area (Å²) in [6.07, 6.45) is 2.84. The number of imidazole rings is 1. The Morgan fingerprint density at radius 1 is 0.930 bits per heavy atom. The van der Waals surface area contributed by atoms with Gasteiger partial charge in [-0.3, -0.25) is 9.13 Å². The third-order valence-corrected chi connectivity index (χ3v) is 8.06. The summed E-state index contributed by atoms with van der Waals surface area (Å²) >= 11 is 0. The van der Waals surface area contributed by atoms with Crippen molar-refractivity contribution in [3.63, 3.8) is 0 Å². The highest BCUT2D eigenvalue weighted by Crippen LogP contribution is 2.33. The van der Waals surface area contributed by atoms with Gasteiger partial charge in [-0.15, -0.1) is 0 Å². The van der Waals surface area contributed by atoms with Crippen molar-refractivity contribution in [1.82, 2.24) is 14.1 Å². The van der Waals surface area contributed by atoms with Gasteiger partial charge in [0.2, 0.25) is 0 Å². The van der Waals surface area contributed by atoms with Crippen molar-refractivity contribution < 1.29 is 26.7 Å². The van der Waals surface area contributed by atoms with E-state index in [4.69, 9.17) is 9.47 Å². The molecule has 8 nitrogen and oxygen atoms in total. The second kappa shape index (κ2) is 12.4. The molecule has 1 unspecified atom stereocenters. The largest absolute Gasteiger partial charge is 0.493 e. The molecule has 43 heavy (non-hydrogen) atoms. The zero-order chi connectivity index (χ0) is 30.7. The lowest BCUT2D eigenvalue weighted by atomic mass is 10.1. The van der Waals surface area contributed by atoms with E-state index in [1.54, 1.807) is 60.7 Å². The highest BCUT2D eigenvalue weighted by Gasteiger charge is 2.28. The van der Waals surface area contributed by atoms with Crippen molar-refractivity contribution >= 4 is 21.0 Å². The second-order valence-corrected chi connectivity index (χ2v) is 12.4. The van der Waals surface area contributed by atoms with Crippen LogP contribution in [0.4, 0.5) is 8.78 Å². The lowest BCUT2D eigenvalue weighted by molar-refractivity contribution is 0.310. The molecule has 2 heterocycles. The summed E-state index contributed by atoms with van der Waals surface area (Å²) < 4.78 is 68.5. The third-order valence-electron chi connectivity index (χ3n) is 7.14. The Balaban J connectivity index is 1.74. The molecule has 5 aromatic rings. The molecule has 224 valence electrons. The summed E-state index contributed by atoms with van der Waals surface area (Å²) in [5, 5.41) is 0. The first-order valence-electron chi connectivity index (χ1n) is 13.6. The molecule has 2 aromatic heterocycles. The summed E-state index contributed by atoms with van der Waals surface area (Å²) in [5.41, 5.74) is 1.82. The fraction of sp³-hybridized carbons (Fsp3) is 0.250. The molecule has 0 bridgehead atoms. The van der Waals surface area contributed by atoms with Crippen LogP contribution in [0.1, 0.15) is 35.2 Å². The van der Waals surface area contributed by atoms with Crippen molar-refractivity contribution in [2.24, 2.45) is 0 Å². The van der Waals surface area contributed by atoms with Gasteiger partial charge in [-0.25, -0.2) is 27.0 Å². The maximum absolute atomic E-state index is 14.8. The van der Waals surface area contributed by atoms with Crippen LogP contribution in [0.2, 0.25) is 0 Å². The molecule has 0 aliphatic carbocycles. The molecule has 0 N–H and O–H groups in total. The van der Waals surface area contributed by atoms with E-state index in [9.17, 15) is 22.0 Å². The number of halogens is 2. The maximum atomic E-state index is 14.8. The van der Waals surface area contributed by atoms with Gasteiger partial charge in [0.1, 0.15) is 21.5 Å². The van der Waals surface area contributed by atoms with Crippen LogP contribution in [-0.2, 0) is 22.8 Å². The summed E-state index contributed by atoms with van der Waals surface area (Å²) in [6.45, 7) is 2.02. The van der Waals surface area contributed by atoms with E-state index < -0.39 is 33.1 Å². The Kier molecular flexibility index (Phi) is 8.63. The van der Waals surface area contributed by atoms with Gasteiger partial charge in [0.05, 0.1) is 37.6 Å². The predicted octanol–water partition coefficient (Wildman–Crippen LogP) is 5.16. The van der Waals surface area contributed by atoms with Gasteiger partial charge in [0.25, 0.3) is 0 Å². The number of aromatic nitrogens is 3. The maximum Gasteiger partial charge on any atom is 0.331 e. The van der Waals surface area contributed by atoms with Crippen LogP contribution in [0.3, 0.4) is 0 Å². The van der Waals surface area contributed by atoms with Crippen LogP contribution < -0.4 is 15.2 Å². The Morgan fingerprint density at radius 3 is 2.23 bits per heavy atom. The van der Waals surface area contributed by atoms with E-state index in [1.165, 1.54) is 34.6 Å². The van der Waals surface area contributed by atoms with Gasteiger partial charge >= 0.3 is 5.69 Å². The van der Waals surface area contributed by atoms with E-state index in [2.05, 4.69) is 4.98 Å². The number of hydrogen-bond donors (Lipinski definition) is 0. The predicted molar refractivity (Wildman–Crippen MR) is 161 cm³/mol. The highest BCUT2D eigenvalue weighted by atomic mass is 32.2. The normalized spacial score (nSPS) is 12.4. The first-order valence-corrected chi connectivity index (χ1v) is 15.7. The van der Waals surface area contributed by atoms with Crippen molar-refractivity contribution in [2.75, 3.05) is 25.7 Å². The van der Waals surface area contributed by atoms with E-state index in [0.29, 0.717) is 40.3 Å². The molecule has 5 rings (SSSR count). The number of sulfone groups is 1. The van der Waals surface area contributed by atoms with Crippen LogP contribution in [0.5, 0.6) is 11.5 Å². The molecule has 0 radical (unpaired) electrons. The standard InChI is InChI=1S/C32H31F2N3O5S/c1-4-42-30-17-23(13-14-29(30)41-2)28(20-43(3,39)40)37-31-27(36(32(37)38)19-24-10-6-8-12-26(24)34)16-21(18-35-31)15-22-9-5-7-11-25(22)33/h5-14,16-18,28H,4,15,19-20H2,1-3H3. The number of ether oxygens (including phenoxy) is 2. The zero-order valence-electron chi connectivity index (χ0n) is 24.0. The van der Waals surface area contributed by atoms with Crippen LogP contribution in [0.25, 0.3) is 11.2 Å². The topological polar surface area (TPSA) is 92.4 Å². The van der Waals surface area contributed by atoms with Crippen LogP contribution in [-0.4, -0.2) is 48.3 Å². The molecular weight excluding hydrogens is 576 g/mol. The zero-order valence-corrected chi connectivity index (χ0v) is 24.8. The van der Waals surface area contributed by atoms with Gasteiger partial charge in [-0.1, -0.05) is 42.5 Å². The van der Waals surface area contributed by atoms with Gasteiger partial charge in [0, 0.05) is 24.4 Å². The number of nitrogens with zero attached hydrogens (tertiary/aromatic N) is 3. The van der Waals surface area contributed by atoms with Crippen LogP contribution in [0, 0.1) is 11.6 Å². The molecule has 0 fully saturated rings. The Labute approximate surface area is 248 Å². The molecule has 1 atom stereocenters. The number of benzene rings is 3. The molecule has 0 saturated carbocycles. The number of methoxy groups -OCH3 is 1. The lowest BCUT2D eigenvalue weighted by Crippen LogP contribution is -2.32. The molecule has 0 spiro atoms. The van der Waals surface area contributed by atoms with Crippen molar-refractivity contribution in [2.45, 2.75) is 25.9 Å². The van der Waals surface area contributed by atoms with E-state index in [0.717, 1.165) is 6.26 Å². The number of rotatable bonds is 11. The number of hydrogen-bond acceptors (Lipinski definition) is 6. The lowest BCUT2D eigenvalue weighted by Gasteiger charge is -2.20. The Bertz CT molecular complexity index is 1950. The monoisotopic (exact) mass is 607 g/mol. The fourth-order valence-electron chi connectivity index (χ4n) is 5.16. The Morgan fingerprint density at radius 2 is 1.60 bits per heavy atom. The van der Waals surface area contributed by atoms with Crippen LogP contribution >= 0.6 is 0 Å². The molecule has 0 saturated heterocycles. The van der Waals surface area contributed by atoms with Crippen LogP contribution in [0.15, 0.2) is 83.8 Å². The Hall–Kier alpha value is -4.51. The smallest absolute Gasteiger partial charge is 0.331 e. The molecule has 11 heteroatoms. The van der Waals surface area contributed by atoms with Gasteiger partial charge in [-0.2, -0.15) is 0 Å². The van der Waals surface area contributed by atoms with Crippen molar-refractivity contribution in [3.8, 4) is 11.5 Å². The molecule has 3 aromatic carbocycles. The summed E-state index contributed by atoms with van der Waals surface area (Å²) in [4.78, 5) is 18.8. The van der Waals surface area contributed by atoms with Gasteiger partial charge < -0.3 is 9.47 Å². The van der Waals surface area contributed by atoms with Crippen molar-refractivity contribution in [1.29, 1.82) is 0 Å². The minimum absolute atomic E-state index is 0.127. The average molecular weight is 608 g/mol. The molecule has 0 amide bonds. The minimum atomic E-state index is -3.63. The summed E-state index contributed by atoms with van der Waals surface area (Å²) in [6, 6.07) is 18.2. The fourth-order valence-corrected chi connectivity index (χ4v) is 6.08.